The summed E-state index contributed by atoms with van der Waals surface area (Å²) in [5.41, 5.74) is 5.12. The molecule has 1 aromatic rings. The number of nitrogens with zero attached hydrogens (tertiary/aromatic N) is 2. The zero-order valence-electron chi connectivity index (χ0n) is 10.6. The van der Waals surface area contributed by atoms with E-state index in [2.05, 4.69) is 26.2 Å². The van der Waals surface area contributed by atoms with Crippen LogP contribution < -0.4 is 16.0 Å². The van der Waals surface area contributed by atoms with Gasteiger partial charge < -0.3 is 16.0 Å². The molecule has 5 nitrogen and oxygen atoms in total. The lowest BCUT2D eigenvalue weighted by atomic mass is 10.2. The Labute approximate surface area is 118 Å². The van der Waals surface area contributed by atoms with E-state index >= 15 is 0 Å². The molecular weight excluding hydrogens is 322 g/mol. The van der Waals surface area contributed by atoms with Crippen LogP contribution in [0.5, 0.6) is 0 Å². The molecule has 0 aliphatic rings. The van der Waals surface area contributed by atoms with Crippen molar-refractivity contribution in [1.29, 1.82) is 0 Å². The van der Waals surface area contributed by atoms with Gasteiger partial charge in [0, 0.05) is 24.8 Å². The molecule has 0 aromatic carbocycles. The molecular formula is C11H15BrF2N4O. The number of nitrogens with two attached hydrogens (primary N) is 1. The molecule has 0 radical (unpaired) electrons. The van der Waals surface area contributed by atoms with Gasteiger partial charge in [-0.05, 0) is 22.0 Å². The van der Waals surface area contributed by atoms with Crippen molar-refractivity contribution in [1.82, 2.24) is 10.3 Å². The third kappa shape index (κ3) is 4.39. The maximum absolute atomic E-state index is 13.0. The summed E-state index contributed by atoms with van der Waals surface area (Å²) in [6, 6.07) is 1.53. The first-order chi connectivity index (χ1) is 8.76. The summed E-state index contributed by atoms with van der Waals surface area (Å²) < 4.78 is 26.6. The van der Waals surface area contributed by atoms with E-state index in [1.54, 1.807) is 19.0 Å². The van der Waals surface area contributed by atoms with Gasteiger partial charge >= 0.3 is 0 Å². The van der Waals surface area contributed by atoms with Gasteiger partial charge in [-0.25, -0.2) is 13.8 Å². The summed E-state index contributed by atoms with van der Waals surface area (Å²) in [6.07, 6.45) is 1.53. The zero-order chi connectivity index (χ0) is 14.6. The van der Waals surface area contributed by atoms with E-state index in [-0.39, 0.29) is 5.56 Å². The number of nitrogens with one attached hydrogen (secondary N) is 1. The molecule has 0 fully saturated rings. The van der Waals surface area contributed by atoms with E-state index in [1.165, 1.54) is 12.3 Å². The van der Waals surface area contributed by atoms with Crippen molar-refractivity contribution in [2.75, 3.05) is 32.1 Å². The van der Waals surface area contributed by atoms with E-state index < -0.39 is 24.9 Å². The van der Waals surface area contributed by atoms with E-state index in [0.717, 1.165) is 0 Å². The van der Waals surface area contributed by atoms with E-state index in [0.29, 0.717) is 10.3 Å². The van der Waals surface area contributed by atoms with Crippen LogP contribution in [-0.4, -0.2) is 44.0 Å². The van der Waals surface area contributed by atoms with Crippen molar-refractivity contribution < 1.29 is 13.6 Å². The average molecular weight is 337 g/mol. The highest BCUT2D eigenvalue weighted by atomic mass is 79.9. The largest absolute Gasteiger partial charge is 0.362 e. The van der Waals surface area contributed by atoms with E-state index in [1.807, 2.05) is 0 Å². The Kier molecular flexibility index (Phi) is 5.19. The van der Waals surface area contributed by atoms with Gasteiger partial charge in [0.2, 0.25) is 0 Å². The van der Waals surface area contributed by atoms with Gasteiger partial charge in [0.15, 0.2) is 0 Å². The summed E-state index contributed by atoms with van der Waals surface area (Å²) in [6.45, 7) is -1.62. The molecule has 0 unspecified atom stereocenters. The molecule has 0 atom stereocenters. The number of alkyl halides is 2. The second kappa shape index (κ2) is 6.25. The third-order valence-electron chi connectivity index (χ3n) is 2.31. The number of hydrogen-bond acceptors (Lipinski definition) is 4. The lowest BCUT2D eigenvalue weighted by Crippen LogP contribution is -2.41. The Morgan fingerprint density at radius 2 is 2.21 bits per heavy atom. The van der Waals surface area contributed by atoms with Gasteiger partial charge in [0.05, 0.1) is 18.7 Å². The first-order valence-electron chi connectivity index (χ1n) is 5.46. The van der Waals surface area contributed by atoms with Crippen LogP contribution in [0.15, 0.2) is 16.7 Å². The SMILES string of the molecule is CN(C)c1ncc(Br)cc1C(=O)NCC(F)(F)CN. The number of hydrogen-bond donors (Lipinski definition) is 2. The van der Waals surface area contributed by atoms with Crippen LogP contribution in [-0.2, 0) is 0 Å². The summed E-state index contributed by atoms with van der Waals surface area (Å²) in [4.78, 5) is 17.6. The Hall–Kier alpha value is -1.28. The van der Waals surface area contributed by atoms with Crippen LogP contribution in [0.4, 0.5) is 14.6 Å². The molecule has 1 rings (SSSR count). The molecule has 0 saturated heterocycles. The second-order valence-corrected chi connectivity index (χ2v) is 5.08. The van der Waals surface area contributed by atoms with Gasteiger partial charge in [0.25, 0.3) is 11.8 Å². The minimum Gasteiger partial charge on any atom is -0.362 e. The minimum atomic E-state index is -3.12. The van der Waals surface area contributed by atoms with Crippen LogP contribution in [0.1, 0.15) is 10.4 Å². The maximum atomic E-state index is 13.0. The predicted molar refractivity (Wildman–Crippen MR) is 72.6 cm³/mol. The summed E-state index contributed by atoms with van der Waals surface area (Å²) in [5.74, 6) is -3.34. The minimum absolute atomic E-state index is 0.215. The molecule has 0 aliphatic heterocycles. The Balaban J connectivity index is 2.90. The molecule has 3 N–H and O–H groups in total. The molecule has 0 bridgehead atoms. The number of halogens is 3. The average Bonchev–Trinajstić information content (AvgIpc) is 2.35. The van der Waals surface area contributed by atoms with Crippen molar-refractivity contribution in [2.45, 2.75) is 5.92 Å². The number of carbonyl (C=O) groups excluding carboxylic acids is 1. The van der Waals surface area contributed by atoms with Gasteiger partial charge in [-0.3, -0.25) is 4.79 Å². The summed E-state index contributed by atoms with van der Waals surface area (Å²) in [7, 11) is 3.42. The molecule has 19 heavy (non-hydrogen) atoms. The number of pyridine rings is 1. The number of rotatable bonds is 5. The van der Waals surface area contributed by atoms with Gasteiger partial charge in [0.1, 0.15) is 5.82 Å². The Morgan fingerprint density at radius 1 is 1.58 bits per heavy atom. The monoisotopic (exact) mass is 336 g/mol. The van der Waals surface area contributed by atoms with Crippen LogP contribution in [0.25, 0.3) is 0 Å². The molecule has 1 aromatic heterocycles. The molecule has 106 valence electrons. The Morgan fingerprint density at radius 3 is 2.74 bits per heavy atom. The van der Waals surface area contributed by atoms with Crippen LogP contribution in [0, 0.1) is 0 Å². The van der Waals surface area contributed by atoms with E-state index in [4.69, 9.17) is 5.73 Å². The number of aromatic nitrogens is 1. The number of anilines is 1. The second-order valence-electron chi connectivity index (χ2n) is 4.16. The van der Waals surface area contributed by atoms with Crippen molar-refractivity contribution in [3.05, 3.63) is 22.3 Å². The highest BCUT2D eigenvalue weighted by molar-refractivity contribution is 9.10. The number of carbonyl (C=O) groups is 1. The molecule has 8 heteroatoms. The lowest BCUT2D eigenvalue weighted by molar-refractivity contribution is 0.0118. The standard InChI is InChI=1S/C11H15BrF2N4O/c1-18(2)9-8(3-7(12)4-16-9)10(19)17-6-11(13,14)5-15/h3-4H,5-6,15H2,1-2H3,(H,17,19). The van der Waals surface area contributed by atoms with Crippen LogP contribution in [0.2, 0.25) is 0 Å². The molecule has 0 aliphatic carbocycles. The van der Waals surface area contributed by atoms with Crippen molar-refractivity contribution in [3.8, 4) is 0 Å². The van der Waals surface area contributed by atoms with Crippen LogP contribution >= 0.6 is 15.9 Å². The zero-order valence-corrected chi connectivity index (χ0v) is 12.2. The first kappa shape index (κ1) is 15.8. The highest BCUT2D eigenvalue weighted by Crippen LogP contribution is 2.20. The van der Waals surface area contributed by atoms with Gasteiger partial charge in [-0.1, -0.05) is 0 Å². The van der Waals surface area contributed by atoms with Gasteiger partial charge in [-0.2, -0.15) is 0 Å². The summed E-state index contributed by atoms with van der Waals surface area (Å²) >= 11 is 3.19. The normalized spacial score (nSPS) is 11.3. The quantitative estimate of drug-likeness (QED) is 0.848. The fraction of sp³-hybridized carbons (Fsp3) is 0.455. The van der Waals surface area contributed by atoms with Crippen molar-refractivity contribution in [3.63, 3.8) is 0 Å². The fourth-order valence-corrected chi connectivity index (χ4v) is 1.66. The Bertz CT molecular complexity index is 468. The molecule has 0 spiro atoms. The van der Waals surface area contributed by atoms with Crippen LogP contribution in [0.3, 0.4) is 0 Å². The lowest BCUT2D eigenvalue weighted by Gasteiger charge is -2.18. The molecule has 1 heterocycles. The molecule has 0 saturated carbocycles. The van der Waals surface area contributed by atoms with Gasteiger partial charge in [-0.15, -0.1) is 0 Å². The topological polar surface area (TPSA) is 71.2 Å². The van der Waals surface area contributed by atoms with Crippen molar-refractivity contribution >= 4 is 27.7 Å². The third-order valence-corrected chi connectivity index (χ3v) is 2.74. The number of amides is 1. The maximum Gasteiger partial charge on any atom is 0.277 e. The predicted octanol–water partition coefficient (Wildman–Crippen LogP) is 1.23. The van der Waals surface area contributed by atoms with E-state index in [9.17, 15) is 13.6 Å². The van der Waals surface area contributed by atoms with Crippen molar-refractivity contribution in [2.24, 2.45) is 5.73 Å². The fourth-order valence-electron chi connectivity index (χ4n) is 1.33. The first-order valence-corrected chi connectivity index (χ1v) is 6.25. The smallest absolute Gasteiger partial charge is 0.277 e. The summed E-state index contributed by atoms with van der Waals surface area (Å²) in [5, 5.41) is 2.16. The highest BCUT2D eigenvalue weighted by Gasteiger charge is 2.28. The molecule has 1 amide bonds.